The zero-order valence-electron chi connectivity index (χ0n) is 44.8. The Morgan fingerprint density at radius 1 is 0.795 bits per heavy atom. The van der Waals surface area contributed by atoms with Crippen molar-refractivity contribution >= 4 is 25.0 Å². The monoisotopic (exact) mass is 1020 g/mol. The number of imidazole rings is 1. The van der Waals surface area contributed by atoms with Crippen LogP contribution in [-0.2, 0) is 19.6 Å². The second-order valence-corrected chi connectivity index (χ2v) is 22.8. The number of hydrogen-bond acceptors (Lipinski definition) is 12. The topological polar surface area (TPSA) is 183 Å². The third-order valence-corrected chi connectivity index (χ3v) is 17.5. The molecule has 4 N–H and O–H groups in total. The van der Waals surface area contributed by atoms with E-state index < -0.39 is 37.5 Å². The lowest BCUT2D eigenvalue weighted by Gasteiger charge is -2.39. The summed E-state index contributed by atoms with van der Waals surface area (Å²) in [5, 5.41) is 10.0. The van der Waals surface area contributed by atoms with E-state index in [1.165, 1.54) is 83.5 Å². The first-order valence-corrected chi connectivity index (χ1v) is 29.0. The molecule has 2 aromatic heterocycles. The molecule has 5 atom stereocenters. The number of hydrogen-bond donors (Lipinski definition) is 3. The van der Waals surface area contributed by atoms with Crippen LogP contribution in [0.15, 0.2) is 90.0 Å². The number of methoxy groups -OCH3 is 2. The predicted octanol–water partition coefficient (Wildman–Crippen LogP) is 13.1. The Labute approximate surface area is 435 Å². The Balaban J connectivity index is 1.35. The largest absolute Gasteiger partial charge is 0.497 e. The minimum atomic E-state index is -3.50. The maximum atomic E-state index is 13.3. The Morgan fingerprint density at radius 3 is 1.79 bits per heavy atom. The molecule has 1 fully saturated rings. The molecule has 6 rings (SSSR count). The number of fused-ring (bicyclic) bond motifs is 1. The van der Waals surface area contributed by atoms with Gasteiger partial charge in [0.05, 0.1) is 39.6 Å². The third-order valence-electron chi connectivity index (χ3n) is 14.4. The smallest absolute Gasteiger partial charge is 0.347 e. The van der Waals surface area contributed by atoms with Crippen LogP contribution in [0.4, 0.5) is 5.95 Å². The molecule has 15 heteroatoms. The number of nitrogen functional groups attached to an aromatic ring is 1. The highest BCUT2D eigenvalue weighted by atomic mass is 31.2. The fourth-order valence-electron chi connectivity index (χ4n) is 10.9. The molecule has 73 heavy (non-hydrogen) atoms. The highest BCUT2D eigenvalue weighted by Crippen LogP contribution is 2.64. The van der Waals surface area contributed by atoms with E-state index in [0.717, 1.165) is 36.0 Å². The van der Waals surface area contributed by atoms with E-state index in [-0.39, 0.29) is 48.7 Å². The Kier molecular flexibility index (Phi) is 22.6. The van der Waals surface area contributed by atoms with Gasteiger partial charge in [-0.15, -0.1) is 4.67 Å². The number of nitriles is 1. The van der Waals surface area contributed by atoms with Crippen molar-refractivity contribution in [3.05, 3.63) is 112 Å². The lowest BCUT2D eigenvalue weighted by molar-refractivity contribution is -0.0921. The van der Waals surface area contributed by atoms with Gasteiger partial charge in [0, 0.05) is 18.0 Å². The number of ether oxygens (including phenoxy) is 4. The fourth-order valence-corrected chi connectivity index (χ4v) is 13.9. The molecule has 398 valence electrons. The van der Waals surface area contributed by atoms with Crippen LogP contribution in [0.2, 0.25) is 0 Å². The molecule has 3 aromatic carbocycles. The second kappa shape index (κ2) is 28.7. The highest BCUT2D eigenvalue weighted by Gasteiger charge is 2.58. The second-order valence-electron chi connectivity index (χ2n) is 20.3. The highest BCUT2D eigenvalue weighted by molar-refractivity contribution is 7.63. The minimum absolute atomic E-state index is 0.00790. The first-order valence-electron chi connectivity index (χ1n) is 27.2. The Bertz CT molecular complexity index is 2420. The van der Waals surface area contributed by atoms with Gasteiger partial charge in [0.15, 0.2) is 11.2 Å². The van der Waals surface area contributed by atoms with E-state index in [4.69, 9.17) is 29.2 Å². The molecular weight excluding hydrogens is 938 g/mol. The molecule has 1 aliphatic heterocycles. The molecule has 0 radical (unpaired) electrons. The van der Waals surface area contributed by atoms with Crippen LogP contribution in [0, 0.1) is 17.2 Å². The number of nitrogens with two attached hydrogens (primary N) is 1. The number of H-pyrrole nitrogens is 1. The van der Waals surface area contributed by atoms with Crippen molar-refractivity contribution in [1.82, 2.24) is 24.2 Å². The van der Waals surface area contributed by atoms with Crippen molar-refractivity contribution in [3.63, 3.8) is 0 Å². The van der Waals surface area contributed by atoms with Gasteiger partial charge in [0.2, 0.25) is 5.95 Å². The molecule has 1 unspecified atom stereocenters. The quantitative estimate of drug-likeness (QED) is 0.0206. The Morgan fingerprint density at radius 2 is 1.30 bits per heavy atom. The van der Waals surface area contributed by atoms with E-state index >= 15 is 0 Å². The van der Waals surface area contributed by atoms with Crippen LogP contribution in [0.3, 0.4) is 0 Å². The molecule has 14 nitrogen and oxygen atoms in total. The van der Waals surface area contributed by atoms with Crippen LogP contribution in [0.1, 0.15) is 173 Å². The zero-order valence-corrected chi connectivity index (χ0v) is 45.7. The van der Waals surface area contributed by atoms with Crippen molar-refractivity contribution in [3.8, 4) is 17.6 Å². The molecule has 3 heterocycles. The SMILES string of the molecule is CCCCCCCCCCCCCCCCCC[C@@H]1[C@H](O[P+](O)(CCC#N)N(C(C)C)C(C)C)[C@@H](COC(c2ccccc2)(c2ccc(OC)cc2)c2ccc(OC)cc2)O[C@H]1n1cnc2c(=O)[nH]c(N)nc21. The Hall–Kier alpha value is -4.87. The third kappa shape index (κ3) is 14.9. The van der Waals surface area contributed by atoms with Crippen molar-refractivity contribution in [2.75, 3.05) is 32.7 Å². The van der Waals surface area contributed by atoms with Crippen LogP contribution in [-0.4, -0.2) is 80.4 Å². The van der Waals surface area contributed by atoms with Crippen LogP contribution < -0.4 is 20.8 Å². The van der Waals surface area contributed by atoms with E-state index in [1.54, 1.807) is 25.1 Å². The molecule has 0 aliphatic carbocycles. The first kappa shape index (κ1) is 57.4. The van der Waals surface area contributed by atoms with Gasteiger partial charge in [0.1, 0.15) is 41.7 Å². The normalized spacial score (nSPS) is 17.9. The number of nitrogens with zero attached hydrogens (tertiary/aromatic N) is 5. The molecule has 5 aromatic rings. The fraction of sp³-hybridized carbons (Fsp3) is 0.586. The molecule has 1 aliphatic rings. The summed E-state index contributed by atoms with van der Waals surface area (Å²) in [5.41, 5.74) is 7.57. The number of nitrogens with one attached hydrogen (secondary N) is 1. The van der Waals surface area contributed by atoms with Gasteiger partial charge < -0.3 is 24.7 Å². The summed E-state index contributed by atoms with van der Waals surface area (Å²) in [7, 11) is -0.208. The van der Waals surface area contributed by atoms with Crippen LogP contribution >= 0.6 is 7.87 Å². The summed E-state index contributed by atoms with van der Waals surface area (Å²) >= 11 is 0. The van der Waals surface area contributed by atoms with Gasteiger partial charge in [-0.25, -0.2) is 9.88 Å². The molecule has 0 saturated carbocycles. The molecule has 0 spiro atoms. The standard InChI is InChI=1S/C58H84N7O7P/c1-8-9-10-11-12-13-14-15-16-17-18-19-20-21-22-26-30-50-53(72-73(67,40-27-39-59)65(43(2)3)44(4)5)51(71-56(50)64-42-61-52-54(64)62-57(60)63-55(52)66)41-70-58(45-28-24-23-25-29-45,46-31-35-48(68-6)36-32-46)47-33-37-49(69-7)38-34-47/h23-25,28-29,31-38,42-44,50-51,53,56,67H,8-22,26-27,30,40-41H2,1-7H3,(H2-,60,62,63,66)/p+1/t50-,51-,53+,56-,73?/m1/s1. The minimum Gasteiger partial charge on any atom is -0.497 e. The maximum absolute atomic E-state index is 13.3. The summed E-state index contributed by atoms with van der Waals surface area (Å²) < 4.78 is 37.3. The van der Waals surface area contributed by atoms with Crippen molar-refractivity contribution in [2.24, 2.45) is 5.92 Å². The van der Waals surface area contributed by atoms with Gasteiger partial charge in [-0.3, -0.25) is 14.3 Å². The maximum Gasteiger partial charge on any atom is 0.347 e. The van der Waals surface area contributed by atoms with Gasteiger partial charge in [0.25, 0.3) is 5.56 Å². The summed E-state index contributed by atoms with van der Waals surface area (Å²) in [5.74, 6) is 0.998. The number of aromatic nitrogens is 4. The van der Waals surface area contributed by atoms with E-state index in [2.05, 4.69) is 40.1 Å². The molecule has 0 bridgehead atoms. The number of anilines is 1. The van der Waals surface area contributed by atoms with Crippen LogP contribution in [0.5, 0.6) is 11.5 Å². The van der Waals surface area contributed by atoms with Crippen molar-refractivity contribution < 1.29 is 28.4 Å². The summed E-state index contributed by atoms with van der Waals surface area (Å²) in [6.45, 7) is 10.5. The van der Waals surface area contributed by atoms with E-state index in [0.29, 0.717) is 23.6 Å². The van der Waals surface area contributed by atoms with Gasteiger partial charge in [-0.1, -0.05) is 164 Å². The molecule has 0 amide bonds. The average molecular weight is 1020 g/mol. The first-order chi connectivity index (χ1) is 35.4. The summed E-state index contributed by atoms with van der Waals surface area (Å²) in [6.07, 6.45) is 20.4. The van der Waals surface area contributed by atoms with Crippen molar-refractivity contribution in [1.29, 1.82) is 5.26 Å². The van der Waals surface area contributed by atoms with Crippen LogP contribution in [0.25, 0.3) is 11.2 Å². The number of benzene rings is 3. The summed E-state index contributed by atoms with van der Waals surface area (Å²) in [4.78, 5) is 38.1. The van der Waals surface area contributed by atoms with Crippen molar-refractivity contribution in [2.45, 2.75) is 186 Å². The number of unbranched alkanes of at least 4 members (excludes halogenated alkanes) is 15. The predicted molar refractivity (Wildman–Crippen MR) is 294 cm³/mol. The summed E-state index contributed by atoms with van der Waals surface area (Å²) in [6, 6.07) is 28.0. The average Bonchev–Trinajstić information content (AvgIpc) is 3.96. The van der Waals surface area contributed by atoms with Gasteiger partial charge >= 0.3 is 7.87 Å². The lowest BCUT2D eigenvalue weighted by atomic mass is 9.80. The van der Waals surface area contributed by atoms with E-state index in [9.17, 15) is 14.9 Å². The molecular formula is C58H85N7O7P+. The molecule has 1 saturated heterocycles. The number of rotatable bonds is 33. The van der Waals surface area contributed by atoms with Gasteiger partial charge in [-0.05, 0) is 75.1 Å². The zero-order chi connectivity index (χ0) is 52.2. The van der Waals surface area contributed by atoms with E-state index in [1.807, 2.05) is 99.1 Å². The lowest BCUT2D eigenvalue weighted by Crippen LogP contribution is -2.44. The van der Waals surface area contributed by atoms with Gasteiger partial charge in [-0.2, -0.15) is 14.8 Å². The number of aromatic amines is 1.